The summed E-state index contributed by atoms with van der Waals surface area (Å²) < 4.78 is 0. The normalized spacial score (nSPS) is 16.0. The molecule has 31 heavy (non-hydrogen) atoms. The number of nitrogens with one attached hydrogen (secondary N) is 2. The van der Waals surface area contributed by atoms with Crippen LogP contribution in [0.15, 0.2) is 53.5 Å². The number of hydrogen-bond acceptors (Lipinski definition) is 5. The van der Waals surface area contributed by atoms with Crippen molar-refractivity contribution in [2.45, 2.75) is 39.2 Å². The molecule has 2 N–H and O–H groups in total. The molecule has 160 valence electrons. The average Bonchev–Trinajstić information content (AvgIpc) is 3.12. The van der Waals surface area contributed by atoms with Crippen LogP contribution in [-0.2, 0) is 11.2 Å². The lowest BCUT2D eigenvalue weighted by atomic mass is 10.1. The maximum Gasteiger partial charge on any atom is 0.254 e. The molecule has 0 bridgehead atoms. The van der Waals surface area contributed by atoms with E-state index in [-0.39, 0.29) is 17.5 Å². The Kier molecular flexibility index (Phi) is 6.11. The molecule has 1 aliphatic rings. The zero-order valence-electron chi connectivity index (χ0n) is 17.9. The second-order valence-corrected chi connectivity index (χ2v) is 7.96. The number of pyridine rings is 1. The summed E-state index contributed by atoms with van der Waals surface area (Å²) in [4.78, 5) is 38.3. The standard InChI is InChI=1S/C24H27N5O2/c1-16-17(2)26-22(28-23(16)30)19-10-11-21(25-15-19)27-20-12-14-29(24(20)31)13-6-9-18-7-4-3-5-8-18/h3-5,7-8,10-11,15,20H,6,9,12-14H2,1-2H3,(H,25,27)(H,26,28,30). The zero-order chi connectivity index (χ0) is 21.8. The molecule has 0 saturated carbocycles. The number of aromatic amines is 1. The van der Waals surface area contributed by atoms with Gasteiger partial charge in [-0.25, -0.2) is 9.97 Å². The van der Waals surface area contributed by atoms with E-state index in [0.29, 0.717) is 22.9 Å². The van der Waals surface area contributed by atoms with Gasteiger partial charge in [0.15, 0.2) is 0 Å². The van der Waals surface area contributed by atoms with Gasteiger partial charge in [-0.1, -0.05) is 30.3 Å². The first-order valence-electron chi connectivity index (χ1n) is 10.6. The van der Waals surface area contributed by atoms with Gasteiger partial charge in [0.2, 0.25) is 5.91 Å². The van der Waals surface area contributed by atoms with Crippen LogP contribution in [0.3, 0.4) is 0 Å². The van der Waals surface area contributed by atoms with Gasteiger partial charge in [0.1, 0.15) is 17.7 Å². The summed E-state index contributed by atoms with van der Waals surface area (Å²) in [6.07, 6.45) is 4.35. The zero-order valence-corrected chi connectivity index (χ0v) is 17.9. The molecule has 1 fully saturated rings. The van der Waals surface area contributed by atoms with E-state index in [1.165, 1.54) is 5.56 Å². The minimum Gasteiger partial charge on any atom is -0.358 e. The molecule has 4 rings (SSSR count). The molecule has 7 heteroatoms. The number of aromatic nitrogens is 3. The fourth-order valence-electron chi connectivity index (χ4n) is 3.79. The van der Waals surface area contributed by atoms with Crippen molar-refractivity contribution in [2.75, 3.05) is 18.4 Å². The van der Waals surface area contributed by atoms with E-state index in [2.05, 4.69) is 32.4 Å². The number of likely N-dealkylation sites (tertiary alicyclic amines) is 1. The Morgan fingerprint density at radius 2 is 1.94 bits per heavy atom. The molecule has 1 saturated heterocycles. The van der Waals surface area contributed by atoms with Gasteiger partial charge < -0.3 is 15.2 Å². The summed E-state index contributed by atoms with van der Waals surface area (Å²) in [6.45, 7) is 5.09. The van der Waals surface area contributed by atoms with Crippen LogP contribution in [0.4, 0.5) is 5.82 Å². The first kappa shape index (κ1) is 20.8. The number of anilines is 1. The Balaban J connectivity index is 1.33. The number of carbonyl (C=O) groups is 1. The molecule has 3 aromatic rings. The number of H-pyrrole nitrogens is 1. The van der Waals surface area contributed by atoms with E-state index in [0.717, 1.165) is 37.9 Å². The summed E-state index contributed by atoms with van der Waals surface area (Å²) in [7, 11) is 0. The summed E-state index contributed by atoms with van der Waals surface area (Å²) >= 11 is 0. The molecule has 1 aliphatic heterocycles. The second-order valence-electron chi connectivity index (χ2n) is 7.96. The largest absolute Gasteiger partial charge is 0.358 e. The first-order chi connectivity index (χ1) is 15.0. The molecule has 1 unspecified atom stereocenters. The molecular formula is C24H27N5O2. The highest BCUT2D eigenvalue weighted by molar-refractivity contribution is 5.86. The van der Waals surface area contributed by atoms with E-state index >= 15 is 0 Å². The fraction of sp³-hybridized carbons (Fsp3) is 0.333. The number of aryl methyl sites for hydroxylation is 2. The third kappa shape index (κ3) is 4.82. The molecule has 7 nitrogen and oxygen atoms in total. The summed E-state index contributed by atoms with van der Waals surface area (Å²) in [5, 5.41) is 3.24. The first-order valence-corrected chi connectivity index (χ1v) is 10.6. The fourth-order valence-corrected chi connectivity index (χ4v) is 3.79. The maximum absolute atomic E-state index is 12.7. The Hall–Kier alpha value is -3.48. The van der Waals surface area contributed by atoms with Crippen LogP contribution in [0.2, 0.25) is 0 Å². The Morgan fingerprint density at radius 1 is 1.13 bits per heavy atom. The van der Waals surface area contributed by atoms with E-state index < -0.39 is 0 Å². The van der Waals surface area contributed by atoms with Gasteiger partial charge in [-0.15, -0.1) is 0 Å². The maximum atomic E-state index is 12.7. The molecule has 1 amide bonds. The van der Waals surface area contributed by atoms with Crippen LogP contribution in [0, 0.1) is 13.8 Å². The van der Waals surface area contributed by atoms with Gasteiger partial charge in [0, 0.05) is 36.1 Å². The summed E-state index contributed by atoms with van der Waals surface area (Å²) in [5.74, 6) is 1.26. The Labute approximate surface area is 181 Å². The van der Waals surface area contributed by atoms with Crippen LogP contribution in [-0.4, -0.2) is 44.9 Å². The van der Waals surface area contributed by atoms with Crippen molar-refractivity contribution in [1.29, 1.82) is 0 Å². The highest BCUT2D eigenvalue weighted by Gasteiger charge is 2.31. The van der Waals surface area contributed by atoms with Crippen molar-refractivity contribution in [3.05, 3.63) is 75.8 Å². The van der Waals surface area contributed by atoms with E-state index in [1.54, 1.807) is 13.1 Å². The average molecular weight is 418 g/mol. The number of nitrogens with zero attached hydrogens (tertiary/aromatic N) is 3. The van der Waals surface area contributed by atoms with Crippen LogP contribution < -0.4 is 10.9 Å². The van der Waals surface area contributed by atoms with Crippen molar-refractivity contribution < 1.29 is 4.79 Å². The Bertz CT molecular complexity index is 1110. The Morgan fingerprint density at radius 3 is 2.65 bits per heavy atom. The van der Waals surface area contributed by atoms with Crippen molar-refractivity contribution in [3.8, 4) is 11.4 Å². The molecule has 2 aromatic heterocycles. The highest BCUT2D eigenvalue weighted by atomic mass is 16.2. The number of hydrogen-bond donors (Lipinski definition) is 2. The summed E-state index contributed by atoms with van der Waals surface area (Å²) in [6, 6.07) is 13.7. The summed E-state index contributed by atoms with van der Waals surface area (Å²) in [5.41, 5.74) is 3.19. The minimum atomic E-state index is -0.255. The third-order valence-corrected chi connectivity index (χ3v) is 5.79. The van der Waals surface area contributed by atoms with Crippen LogP contribution in [0.1, 0.15) is 29.7 Å². The number of benzene rings is 1. The van der Waals surface area contributed by atoms with Gasteiger partial charge in [-0.05, 0) is 50.8 Å². The molecular weight excluding hydrogens is 390 g/mol. The number of carbonyl (C=O) groups excluding carboxylic acids is 1. The highest BCUT2D eigenvalue weighted by Crippen LogP contribution is 2.19. The molecule has 0 aliphatic carbocycles. The minimum absolute atomic E-state index is 0.124. The number of amides is 1. The molecule has 0 radical (unpaired) electrons. The topological polar surface area (TPSA) is 91.0 Å². The smallest absolute Gasteiger partial charge is 0.254 e. The van der Waals surface area contributed by atoms with E-state index in [1.807, 2.05) is 42.2 Å². The second kappa shape index (κ2) is 9.12. The van der Waals surface area contributed by atoms with Crippen molar-refractivity contribution >= 4 is 11.7 Å². The quantitative estimate of drug-likeness (QED) is 0.616. The van der Waals surface area contributed by atoms with Crippen LogP contribution in [0.25, 0.3) is 11.4 Å². The predicted molar refractivity (Wildman–Crippen MR) is 121 cm³/mol. The monoisotopic (exact) mass is 417 g/mol. The lowest BCUT2D eigenvalue weighted by molar-refractivity contribution is -0.128. The van der Waals surface area contributed by atoms with Gasteiger partial charge >= 0.3 is 0 Å². The van der Waals surface area contributed by atoms with Gasteiger partial charge in [-0.3, -0.25) is 9.59 Å². The lowest BCUT2D eigenvalue weighted by Gasteiger charge is -2.17. The van der Waals surface area contributed by atoms with Crippen molar-refractivity contribution in [1.82, 2.24) is 19.9 Å². The SMILES string of the molecule is Cc1nc(-c2ccc(NC3CCN(CCCc4ccccc4)C3=O)nc2)[nH]c(=O)c1C. The van der Waals surface area contributed by atoms with Gasteiger partial charge in [0.05, 0.1) is 0 Å². The van der Waals surface area contributed by atoms with E-state index in [4.69, 9.17) is 0 Å². The molecule has 3 heterocycles. The molecule has 0 spiro atoms. The lowest BCUT2D eigenvalue weighted by Crippen LogP contribution is -2.34. The van der Waals surface area contributed by atoms with Crippen molar-refractivity contribution in [2.24, 2.45) is 0 Å². The predicted octanol–water partition coefficient (Wildman–Crippen LogP) is 3.09. The van der Waals surface area contributed by atoms with E-state index in [9.17, 15) is 9.59 Å². The molecule has 1 atom stereocenters. The van der Waals surface area contributed by atoms with Crippen LogP contribution in [0.5, 0.6) is 0 Å². The molecule has 1 aromatic carbocycles. The van der Waals surface area contributed by atoms with Crippen LogP contribution >= 0.6 is 0 Å². The number of rotatable bonds is 7. The van der Waals surface area contributed by atoms with Crippen molar-refractivity contribution in [3.63, 3.8) is 0 Å². The van der Waals surface area contributed by atoms with Gasteiger partial charge in [-0.2, -0.15) is 0 Å². The third-order valence-electron chi connectivity index (χ3n) is 5.79. The van der Waals surface area contributed by atoms with Gasteiger partial charge in [0.25, 0.3) is 5.56 Å².